The minimum Gasteiger partial charge on any atom is -0.165 e. The largest absolute Gasteiger partial charge is 0.211 e. The zero-order chi connectivity index (χ0) is 10.7. The Morgan fingerprint density at radius 1 is 1.20 bits per heavy atom. The van der Waals surface area contributed by atoms with Crippen LogP contribution in [0.5, 0.6) is 0 Å². The number of hydrogen-bond donors (Lipinski definition) is 0. The summed E-state index contributed by atoms with van der Waals surface area (Å²) in [6.45, 7) is 3.77. The van der Waals surface area contributed by atoms with Crippen LogP contribution >= 0.6 is 11.1 Å². The molecule has 0 bridgehead atoms. The maximum absolute atomic E-state index is 6.04. The van der Waals surface area contributed by atoms with E-state index in [1.54, 1.807) is 0 Å². The van der Waals surface area contributed by atoms with Gasteiger partial charge < -0.3 is 0 Å². The fourth-order valence-corrected chi connectivity index (χ4v) is 3.06. The lowest BCUT2D eigenvalue weighted by atomic mass is 10.0. The van der Waals surface area contributed by atoms with E-state index in [2.05, 4.69) is 43.0 Å². The lowest BCUT2D eigenvalue weighted by molar-refractivity contribution is 1.31. The van der Waals surface area contributed by atoms with Crippen LogP contribution in [-0.4, -0.2) is 8.83 Å². The zero-order valence-corrected chi connectivity index (χ0v) is 10.1. The summed E-state index contributed by atoms with van der Waals surface area (Å²) >= 11 is 6.04. The van der Waals surface area contributed by atoms with Gasteiger partial charge in [0.25, 0.3) is 0 Å². The topological polar surface area (TPSA) is 0 Å². The molecule has 0 amide bonds. The minimum absolute atomic E-state index is 0.317. The van der Waals surface area contributed by atoms with Gasteiger partial charge >= 0.3 is 0 Å². The van der Waals surface area contributed by atoms with Crippen LogP contribution in [0.2, 0.25) is 0 Å². The maximum Gasteiger partial charge on any atom is 0.211 e. The van der Waals surface area contributed by atoms with Gasteiger partial charge in [0.1, 0.15) is 0 Å². The molecule has 0 fully saturated rings. The van der Waals surface area contributed by atoms with E-state index in [1.807, 2.05) is 6.08 Å². The average molecular weight is 231 g/mol. The highest BCUT2D eigenvalue weighted by Crippen LogP contribution is 2.14. The van der Waals surface area contributed by atoms with E-state index in [9.17, 15) is 0 Å². The van der Waals surface area contributed by atoms with E-state index < -0.39 is 0 Å². The van der Waals surface area contributed by atoms with Crippen molar-refractivity contribution in [1.29, 1.82) is 0 Å². The lowest BCUT2D eigenvalue weighted by Crippen LogP contribution is -2.16. The molecule has 0 N–H and O–H groups in total. The average Bonchev–Trinajstić information content (AvgIpc) is 2.29. The molecular weight excluding hydrogens is 220 g/mol. The molecule has 0 atom stereocenters. The highest BCUT2D eigenvalue weighted by atomic mass is 35.6. The second-order valence-electron chi connectivity index (χ2n) is 3.41. The van der Waals surface area contributed by atoms with Crippen LogP contribution < -0.4 is 5.19 Å². The smallest absolute Gasteiger partial charge is 0.165 e. The monoisotopic (exact) mass is 230 g/mol. The van der Waals surface area contributed by atoms with Gasteiger partial charge in [-0.2, -0.15) is 11.1 Å². The van der Waals surface area contributed by atoms with Gasteiger partial charge in [-0.15, -0.1) is 6.58 Å². The molecule has 0 unspecified atom stereocenters. The normalized spacial score (nSPS) is 10.5. The first-order valence-electron chi connectivity index (χ1n) is 4.85. The van der Waals surface area contributed by atoms with Crippen molar-refractivity contribution in [2.24, 2.45) is 0 Å². The molecule has 0 aromatic heterocycles. The SMILES string of the molecule is C=CCc1ccc2ccccc2c1[Si]Cl. The van der Waals surface area contributed by atoms with Gasteiger partial charge in [0.15, 0.2) is 0 Å². The molecule has 0 spiro atoms. The maximum atomic E-state index is 6.04. The molecule has 0 aliphatic heterocycles. The van der Waals surface area contributed by atoms with Crippen molar-refractivity contribution in [3.8, 4) is 0 Å². The van der Waals surface area contributed by atoms with E-state index in [-0.39, 0.29) is 0 Å². The Hall–Kier alpha value is -1.05. The Kier molecular flexibility index (Phi) is 3.24. The van der Waals surface area contributed by atoms with Crippen molar-refractivity contribution >= 4 is 35.9 Å². The molecular formula is C13H11ClSi. The molecule has 2 radical (unpaired) electrons. The molecule has 0 aliphatic rings. The van der Waals surface area contributed by atoms with Gasteiger partial charge in [0.05, 0.1) is 0 Å². The zero-order valence-electron chi connectivity index (χ0n) is 8.33. The molecule has 74 valence electrons. The molecule has 0 nitrogen and oxygen atoms in total. The highest BCUT2D eigenvalue weighted by Gasteiger charge is 2.05. The van der Waals surface area contributed by atoms with Crippen molar-refractivity contribution in [3.63, 3.8) is 0 Å². The van der Waals surface area contributed by atoms with Crippen LogP contribution in [-0.2, 0) is 6.42 Å². The Labute approximate surface area is 97.1 Å². The lowest BCUT2D eigenvalue weighted by Gasteiger charge is -2.08. The van der Waals surface area contributed by atoms with E-state index in [4.69, 9.17) is 11.1 Å². The van der Waals surface area contributed by atoms with Crippen LogP contribution in [0, 0.1) is 0 Å². The molecule has 0 aliphatic carbocycles. The summed E-state index contributed by atoms with van der Waals surface area (Å²) in [5.74, 6) is 0. The van der Waals surface area contributed by atoms with Gasteiger partial charge in [-0.3, -0.25) is 0 Å². The van der Waals surface area contributed by atoms with Crippen molar-refractivity contribution in [2.45, 2.75) is 6.42 Å². The van der Waals surface area contributed by atoms with Crippen LogP contribution in [0.25, 0.3) is 10.8 Å². The standard InChI is InChI=1S/C13H11ClSi/c1-2-5-11-9-8-10-6-3-4-7-12(10)13(11)15-14/h2-4,6-9H,1,5H2. The Morgan fingerprint density at radius 3 is 2.73 bits per heavy atom. The molecule has 0 heterocycles. The van der Waals surface area contributed by atoms with E-state index in [1.165, 1.54) is 21.5 Å². The number of halogens is 1. The van der Waals surface area contributed by atoms with Crippen LogP contribution in [0.1, 0.15) is 5.56 Å². The van der Waals surface area contributed by atoms with E-state index >= 15 is 0 Å². The summed E-state index contributed by atoms with van der Waals surface area (Å²) < 4.78 is 0. The Balaban J connectivity index is 2.69. The molecule has 2 heteroatoms. The predicted octanol–water partition coefficient (Wildman–Crippen LogP) is 3.05. The van der Waals surface area contributed by atoms with Gasteiger partial charge in [0.2, 0.25) is 8.83 Å². The fourth-order valence-electron chi connectivity index (χ4n) is 1.75. The number of allylic oxidation sites excluding steroid dienone is 1. The van der Waals surface area contributed by atoms with Gasteiger partial charge in [-0.25, -0.2) is 0 Å². The third kappa shape index (κ3) is 1.99. The van der Waals surface area contributed by atoms with Crippen molar-refractivity contribution in [1.82, 2.24) is 0 Å². The summed E-state index contributed by atoms with van der Waals surface area (Å²) in [5, 5.41) is 3.79. The van der Waals surface area contributed by atoms with Crippen molar-refractivity contribution in [2.75, 3.05) is 0 Å². The molecule has 2 rings (SSSR count). The predicted molar refractivity (Wildman–Crippen MR) is 69.1 cm³/mol. The fraction of sp³-hybridized carbons (Fsp3) is 0.0769. The van der Waals surface area contributed by atoms with Crippen LogP contribution in [0.4, 0.5) is 0 Å². The molecule has 15 heavy (non-hydrogen) atoms. The van der Waals surface area contributed by atoms with Crippen molar-refractivity contribution < 1.29 is 0 Å². The van der Waals surface area contributed by atoms with Gasteiger partial charge in [-0.1, -0.05) is 42.5 Å². The second kappa shape index (κ2) is 4.64. The van der Waals surface area contributed by atoms with Crippen LogP contribution in [0.3, 0.4) is 0 Å². The summed E-state index contributed by atoms with van der Waals surface area (Å²) in [5.41, 5.74) is 1.29. The molecule has 2 aromatic rings. The first-order chi connectivity index (χ1) is 7.36. The van der Waals surface area contributed by atoms with E-state index in [0.717, 1.165) is 6.42 Å². The quantitative estimate of drug-likeness (QED) is 0.432. The number of hydrogen-bond acceptors (Lipinski definition) is 0. The third-order valence-corrected chi connectivity index (χ3v) is 3.82. The first-order valence-corrected chi connectivity index (χ1v) is 6.86. The number of fused-ring (bicyclic) bond motifs is 1. The second-order valence-corrected chi connectivity index (χ2v) is 4.66. The van der Waals surface area contributed by atoms with Crippen LogP contribution in [0.15, 0.2) is 49.1 Å². The minimum atomic E-state index is 0.317. The highest BCUT2D eigenvalue weighted by molar-refractivity contribution is 7.02. The summed E-state index contributed by atoms with van der Waals surface area (Å²) in [7, 11) is 0.317. The molecule has 0 saturated heterocycles. The third-order valence-electron chi connectivity index (χ3n) is 2.47. The molecule has 0 saturated carbocycles. The molecule has 2 aromatic carbocycles. The summed E-state index contributed by atoms with van der Waals surface area (Å²) in [6.07, 6.45) is 2.81. The number of benzene rings is 2. The summed E-state index contributed by atoms with van der Waals surface area (Å²) in [4.78, 5) is 0. The Bertz CT molecular complexity index is 491. The van der Waals surface area contributed by atoms with E-state index in [0.29, 0.717) is 8.83 Å². The first kappa shape index (κ1) is 10.5. The number of rotatable bonds is 3. The summed E-state index contributed by atoms with van der Waals surface area (Å²) in [6, 6.07) is 12.7. The Morgan fingerprint density at radius 2 is 2.00 bits per heavy atom. The van der Waals surface area contributed by atoms with Gasteiger partial charge in [0, 0.05) is 0 Å². The van der Waals surface area contributed by atoms with Gasteiger partial charge in [-0.05, 0) is 27.9 Å². The van der Waals surface area contributed by atoms with Crippen molar-refractivity contribution in [3.05, 3.63) is 54.6 Å².